The number of pyridine rings is 2. The molecule has 0 aliphatic rings. The minimum atomic E-state index is -0.0810. The Bertz CT molecular complexity index is 850. The quantitative estimate of drug-likeness (QED) is 0.749. The molecule has 0 aliphatic heterocycles. The summed E-state index contributed by atoms with van der Waals surface area (Å²) in [5, 5.41) is 3.78. The Morgan fingerprint density at radius 1 is 1.26 bits per heavy atom. The zero-order chi connectivity index (χ0) is 16.2. The van der Waals surface area contributed by atoms with Gasteiger partial charge in [0.1, 0.15) is 0 Å². The van der Waals surface area contributed by atoms with Crippen LogP contribution in [0.5, 0.6) is 0 Å². The lowest BCUT2D eigenvalue weighted by Gasteiger charge is -2.10. The van der Waals surface area contributed by atoms with Gasteiger partial charge in [0.05, 0.1) is 16.8 Å². The van der Waals surface area contributed by atoms with E-state index in [4.69, 9.17) is 0 Å². The van der Waals surface area contributed by atoms with Gasteiger partial charge in [-0.3, -0.25) is 9.78 Å². The van der Waals surface area contributed by atoms with Crippen LogP contribution in [0.2, 0.25) is 0 Å². The highest BCUT2D eigenvalue weighted by Crippen LogP contribution is 2.26. The number of nitrogens with zero attached hydrogens (tertiary/aromatic N) is 2. The molecule has 0 atom stereocenters. The maximum Gasteiger partial charge on any atom is 0.252 e. The summed E-state index contributed by atoms with van der Waals surface area (Å²) in [5.41, 5.74) is 3.05. The average molecular weight is 370 g/mol. The molecule has 0 fully saturated rings. The molecular weight excluding hydrogens is 354 g/mol. The molecule has 0 unspecified atom stereocenters. The molecule has 1 aromatic carbocycles. The molecule has 116 valence electrons. The summed E-state index contributed by atoms with van der Waals surface area (Å²) in [6, 6.07) is 11.4. The van der Waals surface area contributed by atoms with Gasteiger partial charge >= 0.3 is 0 Å². The fraction of sp³-hybridized carbons (Fsp3) is 0.167. The second-order valence-electron chi connectivity index (χ2n) is 5.21. The predicted molar refractivity (Wildman–Crippen MR) is 95.3 cm³/mol. The summed E-state index contributed by atoms with van der Waals surface area (Å²) in [6.07, 6.45) is 4.37. The molecule has 1 N–H and O–H groups in total. The predicted octanol–water partition coefficient (Wildman–Crippen LogP) is 4.20. The van der Waals surface area contributed by atoms with Gasteiger partial charge in [0.25, 0.3) is 5.91 Å². The molecule has 2 aromatic heterocycles. The van der Waals surface area contributed by atoms with E-state index in [0.717, 1.165) is 33.1 Å². The average Bonchev–Trinajstić information content (AvgIpc) is 2.59. The Morgan fingerprint density at radius 3 is 2.87 bits per heavy atom. The molecule has 0 aliphatic carbocycles. The van der Waals surface area contributed by atoms with Crippen LogP contribution in [0.1, 0.15) is 23.7 Å². The molecule has 23 heavy (non-hydrogen) atoms. The topological polar surface area (TPSA) is 54.9 Å². The molecule has 0 bridgehead atoms. The number of halogens is 1. The van der Waals surface area contributed by atoms with Crippen LogP contribution < -0.4 is 5.32 Å². The highest BCUT2D eigenvalue weighted by Gasteiger charge is 2.14. The van der Waals surface area contributed by atoms with E-state index in [2.05, 4.69) is 31.2 Å². The number of benzene rings is 1. The van der Waals surface area contributed by atoms with E-state index < -0.39 is 0 Å². The van der Waals surface area contributed by atoms with E-state index in [9.17, 15) is 4.79 Å². The third kappa shape index (κ3) is 3.40. The van der Waals surface area contributed by atoms with E-state index in [1.165, 1.54) is 0 Å². The Morgan fingerprint density at radius 2 is 2.13 bits per heavy atom. The van der Waals surface area contributed by atoms with Crippen molar-refractivity contribution in [3.05, 3.63) is 58.8 Å². The molecule has 4 nitrogen and oxygen atoms in total. The van der Waals surface area contributed by atoms with E-state index >= 15 is 0 Å². The molecule has 1 amide bonds. The standard InChI is InChI=1S/C18H16BrN3O/c1-2-7-21-18(23)15-10-17(12-4-3-8-20-11-12)22-16-6-5-13(19)9-14(15)16/h3-6,8-11H,2,7H2,1H3,(H,21,23). The van der Waals surface area contributed by atoms with Crippen molar-refractivity contribution in [1.29, 1.82) is 0 Å². The number of amides is 1. The first-order valence-electron chi connectivity index (χ1n) is 7.48. The fourth-order valence-electron chi connectivity index (χ4n) is 2.38. The first-order chi connectivity index (χ1) is 11.2. The number of carbonyl (C=O) groups is 1. The molecule has 2 heterocycles. The van der Waals surface area contributed by atoms with Crippen LogP contribution >= 0.6 is 15.9 Å². The SMILES string of the molecule is CCCNC(=O)c1cc(-c2cccnc2)nc2ccc(Br)cc12. The van der Waals surface area contributed by atoms with Gasteiger partial charge in [-0.25, -0.2) is 4.98 Å². The number of aromatic nitrogens is 2. The molecule has 0 radical (unpaired) electrons. The van der Waals surface area contributed by atoms with E-state index in [0.29, 0.717) is 12.1 Å². The Kier molecular flexibility index (Phi) is 4.67. The maximum atomic E-state index is 12.5. The lowest BCUT2D eigenvalue weighted by atomic mass is 10.0. The van der Waals surface area contributed by atoms with Crippen molar-refractivity contribution in [2.24, 2.45) is 0 Å². The largest absolute Gasteiger partial charge is 0.352 e. The minimum absolute atomic E-state index is 0.0810. The highest BCUT2D eigenvalue weighted by molar-refractivity contribution is 9.10. The van der Waals surface area contributed by atoms with Gasteiger partial charge in [-0.15, -0.1) is 0 Å². The van der Waals surface area contributed by atoms with Crippen molar-refractivity contribution < 1.29 is 4.79 Å². The monoisotopic (exact) mass is 369 g/mol. The summed E-state index contributed by atoms with van der Waals surface area (Å²) in [6.45, 7) is 2.68. The van der Waals surface area contributed by atoms with E-state index in [1.807, 2.05) is 43.3 Å². The van der Waals surface area contributed by atoms with Crippen LogP contribution in [0.25, 0.3) is 22.2 Å². The molecule has 0 spiro atoms. The lowest BCUT2D eigenvalue weighted by molar-refractivity contribution is 0.0955. The smallest absolute Gasteiger partial charge is 0.252 e. The summed E-state index contributed by atoms with van der Waals surface area (Å²) in [5.74, 6) is -0.0810. The van der Waals surface area contributed by atoms with Crippen LogP contribution in [0.15, 0.2) is 53.3 Å². The van der Waals surface area contributed by atoms with E-state index in [1.54, 1.807) is 12.4 Å². The second kappa shape index (κ2) is 6.87. The maximum absolute atomic E-state index is 12.5. The van der Waals surface area contributed by atoms with Gasteiger partial charge in [0, 0.05) is 34.4 Å². The lowest BCUT2D eigenvalue weighted by Crippen LogP contribution is -2.24. The normalized spacial score (nSPS) is 10.7. The third-order valence-electron chi connectivity index (χ3n) is 3.51. The molecule has 0 saturated heterocycles. The van der Waals surface area contributed by atoms with Crippen molar-refractivity contribution >= 4 is 32.7 Å². The fourth-order valence-corrected chi connectivity index (χ4v) is 2.74. The Balaban J connectivity index is 2.18. The summed E-state index contributed by atoms with van der Waals surface area (Å²) in [4.78, 5) is 21.3. The first kappa shape index (κ1) is 15.6. The van der Waals surface area contributed by atoms with Crippen LogP contribution in [0, 0.1) is 0 Å². The summed E-state index contributed by atoms with van der Waals surface area (Å²) in [7, 11) is 0. The highest BCUT2D eigenvalue weighted by atomic mass is 79.9. The van der Waals surface area contributed by atoms with Crippen molar-refractivity contribution in [1.82, 2.24) is 15.3 Å². The third-order valence-corrected chi connectivity index (χ3v) is 4.00. The number of hydrogen-bond acceptors (Lipinski definition) is 3. The van der Waals surface area contributed by atoms with Crippen LogP contribution in [0.3, 0.4) is 0 Å². The minimum Gasteiger partial charge on any atom is -0.352 e. The molecule has 3 aromatic rings. The Labute approximate surface area is 143 Å². The Hall–Kier alpha value is -2.27. The van der Waals surface area contributed by atoms with Gasteiger partial charge in [-0.1, -0.05) is 22.9 Å². The van der Waals surface area contributed by atoms with Gasteiger partial charge < -0.3 is 5.32 Å². The van der Waals surface area contributed by atoms with Crippen molar-refractivity contribution in [3.8, 4) is 11.3 Å². The first-order valence-corrected chi connectivity index (χ1v) is 8.27. The number of fused-ring (bicyclic) bond motifs is 1. The van der Waals surface area contributed by atoms with Crippen molar-refractivity contribution in [2.45, 2.75) is 13.3 Å². The molecular formula is C18H16BrN3O. The zero-order valence-electron chi connectivity index (χ0n) is 12.7. The van der Waals surface area contributed by atoms with Crippen LogP contribution in [0.4, 0.5) is 0 Å². The van der Waals surface area contributed by atoms with Crippen molar-refractivity contribution in [3.63, 3.8) is 0 Å². The molecule has 0 saturated carbocycles. The van der Waals surface area contributed by atoms with E-state index in [-0.39, 0.29) is 5.91 Å². The number of carbonyl (C=O) groups excluding carboxylic acids is 1. The number of hydrogen-bond donors (Lipinski definition) is 1. The van der Waals surface area contributed by atoms with Gasteiger partial charge in [-0.05, 0) is 42.8 Å². The number of rotatable bonds is 4. The van der Waals surface area contributed by atoms with Gasteiger partial charge in [0.2, 0.25) is 0 Å². The summed E-state index contributed by atoms with van der Waals surface area (Å²) < 4.78 is 0.922. The number of nitrogens with one attached hydrogen (secondary N) is 1. The van der Waals surface area contributed by atoms with Crippen molar-refractivity contribution in [2.75, 3.05) is 6.54 Å². The zero-order valence-corrected chi connectivity index (χ0v) is 14.3. The van der Waals surface area contributed by atoms with Gasteiger partial charge in [0.15, 0.2) is 0 Å². The molecule has 5 heteroatoms. The van der Waals surface area contributed by atoms with Crippen LogP contribution in [-0.4, -0.2) is 22.4 Å². The summed E-state index contributed by atoms with van der Waals surface area (Å²) >= 11 is 3.46. The van der Waals surface area contributed by atoms with Gasteiger partial charge in [-0.2, -0.15) is 0 Å². The molecule has 3 rings (SSSR count). The van der Waals surface area contributed by atoms with Crippen LogP contribution in [-0.2, 0) is 0 Å². The second-order valence-corrected chi connectivity index (χ2v) is 6.13.